The first-order valence-electron chi connectivity index (χ1n) is 15.4. The number of benzene rings is 2. The van der Waals surface area contributed by atoms with E-state index in [1.807, 2.05) is 30.0 Å². The maximum atomic E-state index is 14.2. The van der Waals surface area contributed by atoms with Crippen LogP contribution in [0.5, 0.6) is 5.75 Å². The zero-order valence-electron chi connectivity index (χ0n) is 25.7. The van der Waals surface area contributed by atoms with Crippen molar-refractivity contribution in [1.29, 1.82) is 0 Å². The van der Waals surface area contributed by atoms with Crippen LogP contribution in [-0.4, -0.2) is 59.9 Å². The van der Waals surface area contributed by atoms with Crippen molar-refractivity contribution in [2.75, 3.05) is 33.4 Å². The Bertz CT molecular complexity index is 1550. The molecule has 2 heterocycles. The molecule has 0 bridgehead atoms. The van der Waals surface area contributed by atoms with E-state index in [2.05, 4.69) is 5.32 Å². The number of carbonyl (C=O) groups is 1. The molecule has 11 heteroatoms. The third kappa shape index (κ3) is 8.05. The number of aromatic nitrogens is 1. The summed E-state index contributed by atoms with van der Waals surface area (Å²) in [6.07, 6.45) is 5.10. The number of hydrogen-bond donors (Lipinski definition) is 2. The first kappa shape index (κ1) is 33.8. The number of hydrogen-bond acceptors (Lipinski definition) is 6. The Hall–Kier alpha value is -2.59. The van der Waals surface area contributed by atoms with Crippen LogP contribution in [0.25, 0.3) is 0 Å². The van der Waals surface area contributed by atoms with Gasteiger partial charge in [-0.3, -0.25) is 9.59 Å². The number of aryl methyl sites for hydroxylation is 2. The smallest absolute Gasteiger partial charge is 0.250 e. The Kier molecular flexibility index (Phi) is 11.2. The van der Waals surface area contributed by atoms with Crippen LogP contribution < -0.4 is 15.6 Å². The summed E-state index contributed by atoms with van der Waals surface area (Å²) >= 11 is 19.1. The van der Waals surface area contributed by atoms with Crippen molar-refractivity contribution in [3.8, 4) is 5.75 Å². The van der Waals surface area contributed by atoms with Crippen LogP contribution in [0.3, 0.4) is 0 Å². The fourth-order valence-electron chi connectivity index (χ4n) is 5.98. The van der Waals surface area contributed by atoms with Crippen LogP contribution in [0.4, 0.5) is 0 Å². The molecule has 1 unspecified atom stereocenters. The van der Waals surface area contributed by atoms with E-state index < -0.39 is 11.5 Å². The summed E-state index contributed by atoms with van der Waals surface area (Å²) in [5, 5.41) is 16.9. The van der Waals surface area contributed by atoms with Gasteiger partial charge in [0, 0.05) is 50.1 Å². The van der Waals surface area contributed by atoms with Gasteiger partial charge in [-0.2, -0.15) is 0 Å². The number of ether oxygens (including phenoxy) is 2. The van der Waals surface area contributed by atoms with E-state index in [1.165, 1.54) is 6.07 Å². The molecule has 1 aliphatic carbocycles. The van der Waals surface area contributed by atoms with E-state index in [1.54, 1.807) is 36.1 Å². The average molecular weight is 677 g/mol. The number of rotatable bonds is 13. The van der Waals surface area contributed by atoms with Crippen molar-refractivity contribution in [3.63, 3.8) is 0 Å². The molecule has 1 amide bonds. The van der Waals surface area contributed by atoms with E-state index >= 15 is 0 Å². The molecule has 2 fully saturated rings. The minimum Gasteiger partial charge on any atom is -0.490 e. The van der Waals surface area contributed by atoms with Crippen LogP contribution in [0.15, 0.2) is 53.5 Å². The second kappa shape index (κ2) is 14.9. The predicted molar refractivity (Wildman–Crippen MR) is 177 cm³/mol. The molecule has 45 heavy (non-hydrogen) atoms. The fraction of sp³-hybridized carbons (Fsp3) is 0.471. The monoisotopic (exact) mass is 675 g/mol. The SMILES string of the molecule is COCCc1ccc(Cl)c(CN(C(=O)C2CNCC[C@]2(O)c2ccn(CCCOc3c(Cl)cc(C)cc3Cl)c(=O)c2)C2CC2)c1. The summed E-state index contributed by atoms with van der Waals surface area (Å²) in [4.78, 5) is 29.2. The van der Waals surface area contributed by atoms with Gasteiger partial charge in [0.2, 0.25) is 5.91 Å². The molecule has 0 radical (unpaired) electrons. The van der Waals surface area contributed by atoms with Gasteiger partial charge in [0.05, 0.1) is 29.2 Å². The quantitative estimate of drug-likeness (QED) is 0.224. The molecule has 2 aromatic carbocycles. The molecule has 1 saturated heterocycles. The van der Waals surface area contributed by atoms with Crippen molar-refractivity contribution in [3.05, 3.63) is 96.3 Å². The molecule has 1 aliphatic heterocycles. The number of carbonyl (C=O) groups excluding carboxylic acids is 1. The van der Waals surface area contributed by atoms with Gasteiger partial charge in [-0.25, -0.2) is 0 Å². The van der Waals surface area contributed by atoms with Gasteiger partial charge in [-0.05, 0) is 92.1 Å². The number of aliphatic hydroxyl groups is 1. The van der Waals surface area contributed by atoms with Crippen molar-refractivity contribution < 1.29 is 19.4 Å². The highest BCUT2D eigenvalue weighted by atomic mass is 35.5. The molecule has 3 aromatic rings. The molecule has 8 nitrogen and oxygen atoms in total. The van der Waals surface area contributed by atoms with Gasteiger partial charge < -0.3 is 29.4 Å². The second-order valence-corrected chi connectivity index (χ2v) is 13.2. The number of pyridine rings is 1. The van der Waals surface area contributed by atoms with Crippen molar-refractivity contribution in [2.24, 2.45) is 5.92 Å². The van der Waals surface area contributed by atoms with Gasteiger partial charge in [-0.15, -0.1) is 0 Å². The Balaban J connectivity index is 1.29. The van der Waals surface area contributed by atoms with Gasteiger partial charge in [0.1, 0.15) is 5.60 Å². The second-order valence-electron chi connectivity index (χ2n) is 12.0. The zero-order valence-corrected chi connectivity index (χ0v) is 27.9. The van der Waals surface area contributed by atoms with E-state index in [4.69, 9.17) is 44.3 Å². The Labute approximate surface area is 279 Å². The summed E-state index contributed by atoms with van der Waals surface area (Å²) in [5.74, 6) is -0.466. The molecular weight excluding hydrogens is 637 g/mol. The lowest BCUT2D eigenvalue weighted by Gasteiger charge is -2.42. The lowest BCUT2D eigenvalue weighted by Crippen LogP contribution is -2.55. The highest BCUT2D eigenvalue weighted by Gasteiger charge is 2.48. The Morgan fingerprint density at radius 3 is 2.53 bits per heavy atom. The van der Waals surface area contributed by atoms with Crippen molar-refractivity contribution in [1.82, 2.24) is 14.8 Å². The molecule has 1 saturated carbocycles. The summed E-state index contributed by atoms with van der Waals surface area (Å²) in [6, 6.07) is 12.8. The van der Waals surface area contributed by atoms with Crippen molar-refractivity contribution >= 4 is 40.7 Å². The summed E-state index contributed by atoms with van der Waals surface area (Å²) in [6.45, 7) is 4.42. The largest absolute Gasteiger partial charge is 0.490 e. The van der Waals surface area contributed by atoms with Crippen LogP contribution in [-0.2, 0) is 34.6 Å². The van der Waals surface area contributed by atoms with E-state index in [0.29, 0.717) is 78.6 Å². The minimum atomic E-state index is -1.49. The maximum absolute atomic E-state index is 14.2. The molecule has 5 rings (SSSR count). The normalized spacial score (nSPS) is 19.8. The van der Waals surface area contributed by atoms with Gasteiger partial charge >= 0.3 is 0 Å². The number of amides is 1. The van der Waals surface area contributed by atoms with Gasteiger partial charge in [-0.1, -0.05) is 46.9 Å². The van der Waals surface area contributed by atoms with Crippen LogP contribution >= 0.6 is 34.8 Å². The number of nitrogens with one attached hydrogen (secondary N) is 1. The molecule has 0 spiro atoms. The third-order valence-electron chi connectivity index (χ3n) is 8.65. The van der Waals surface area contributed by atoms with E-state index in [9.17, 15) is 14.7 Å². The topological polar surface area (TPSA) is 93.0 Å². The summed E-state index contributed by atoms with van der Waals surface area (Å²) in [5.41, 5.74) is 1.61. The highest BCUT2D eigenvalue weighted by molar-refractivity contribution is 6.37. The first-order chi connectivity index (χ1) is 21.6. The summed E-state index contributed by atoms with van der Waals surface area (Å²) in [7, 11) is 1.67. The number of piperidine rings is 1. The van der Waals surface area contributed by atoms with E-state index in [-0.39, 0.29) is 17.5 Å². The molecule has 2 atom stereocenters. The molecule has 2 aliphatic rings. The van der Waals surface area contributed by atoms with Crippen molar-refractivity contribution in [2.45, 2.75) is 63.8 Å². The standard InChI is InChI=1S/C34H40Cl3N3O5/c1-22-16-29(36)32(30(37)17-22)45-14-3-12-39-13-8-25(19-31(39)41)34(43)10-11-38-20-27(34)33(42)40(26-5-6-26)21-24-18-23(9-15-44-2)4-7-28(24)35/h4,7-8,13,16-19,26-27,38,43H,3,5-6,9-12,14-15,20-21H2,1-2H3/t27?,34-/m0/s1. The van der Waals surface area contributed by atoms with Crippen LogP contribution in [0.2, 0.25) is 15.1 Å². The number of methoxy groups -OCH3 is 1. The lowest BCUT2D eigenvalue weighted by molar-refractivity contribution is -0.150. The minimum absolute atomic E-state index is 0.0993. The van der Waals surface area contributed by atoms with Gasteiger partial charge in [0.15, 0.2) is 5.75 Å². The summed E-state index contributed by atoms with van der Waals surface area (Å²) < 4.78 is 12.6. The molecular formula is C34H40Cl3N3O5. The fourth-order valence-corrected chi connectivity index (χ4v) is 6.87. The van der Waals surface area contributed by atoms with E-state index in [0.717, 1.165) is 36.0 Å². The molecule has 242 valence electrons. The molecule has 2 N–H and O–H groups in total. The lowest BCUT2D eigenvalue weighted by atomic mass is 9.76. The third-order valence-corrected chi connectivity index (χ3v) is 9.58. The average Bonchev–Trinajstić information content (AvgIpc) is 3.85. The van der Waals surface area contributed by atoms with Crippen LogP contribution in [0, 0.1) is 12.8 Å². The number of halogens is 3. The predicted octanol–water partition coefficient (Wildman–Crippen LogP) is 5.76. The van der Waals surface area contributed by atoms with Gasteiger partial charge in [0.25, 0.3) is 5.56 Å². The van der Waals surface area contributed by atoms with Crippen LogP contribution in [0.1, 0.15) is 47.9 Å². The zero-order chi connectivity index (χ0) is 32.1. The maximum Gasteiger partial charge on any atom is 0.250 e. The molecule has 1 aromatic heterocycles. The first-order valence-corrected chi connectivity index (χ1v) is 16.5. The Morgan fingerprint density at radius 2 is 1.84 bits per heavy atom. The number of nitrogens with zero attached hydrogens (tertiary/aromatic N) is 2. The highest BCUT2D eigenvalue weighted by Crippen LogP contribution is 2.39. The Morgan fingerprint density at radius 1 is 1.09 bits per heavy atom.